The summed E-state index contributed by atoms with van der Waals surface area (Å²) in [6.07, 6.45) is 0. The van der Waals surface area contributed by atoms with Crippen molar-refractivity contribution in [2.24, 2.45) is 0 Å². The number of carbonyl (C=O) groups is 3. The third kappa shape index (κ3) is 2.18. The van der Waals surface area contributed by atoms with E-state index in [9.17, 15) is 19.5 Å². The van der Waals surface area contributed by atoms with Crippen LogP contribution in [-0.4, -0.2) is 22.5 Å². The van der Waals surface area contributed by atoms with Crippen LogP contribution in [0.5, 0.6) is 5.75 Å². The van der Waals surface area contributed by atoms with Crippen molar-refractivity contribution in [2.45, 2.75) is 20.8 Å². The van der Waals surface area contributed by atoms with Crippen molar-refractivity contribution in [3.63, 3.8) is 0 Å². The number of nitrogens with two attached hydrogens (primary N) is 1. The summed E-state index contributed by atoms with van der Waals surface area (Å²) in [5.41, 5.74) is 5.43. The van der Waals surface area contributed by atoms with Gasteiger partial charge in [-0.15, -0.1) is 0 Å². The van der Waals surface area contributed by atoms with Crippen molar-refractivity contribution in [2.75, 3.05) is 5.73 Å². The Morgan fingerprint density at radius 2 is 1.47 bits per heavy atom. The molecule has 0 amide bonds. The van der Waals surface area contributed by atoms with Crippen molar-refractivity contribution in [1.82, 2.24) is 0 Å². The molecule has 5 nitrogen and oxygen atoms in total. The molecule has 0 radical (unpaired) electrons. The highest BCUT2D eigenvalue weighted by Gasteiger charge is 2.23. The quantitative estimate of drug-likeness (QED) is 0.471. The normalized spacial score (nSPS) is 10.1. The number of hydrogen-bond acceptors (Lipinski definition) is 5. The molecule has 0 aromatic heterocycles. The maximum atomic E-state index is 11.5. The maximum Gasteiger partial charge on any atom is 0.164 e. The molecule has 17 heavy (non-hydrogen) atoms. The minimum absolute atomic E-state index is 0.0395. The number of hydrogen-bond donors (Lipinski definition) is 2. The fraction of sp³-hybridized carbons (Fsp3) is 0.250. The molecule has 0 fully saturated rings. The van der Waals surface area contributed by atoms with Gasteiger partial charge in [-0.1, -0.05) is 0 Å². The summed E-state index contributed by atoms with van der Waals surface area (Å²) in [5.74, 6) is -1.72. The minimum Gasteiger partial charge on any atom is -0.507 e. The zero-order valence-corrected chi connectivity index (χ0v) is 9.83. The fourth-order valence-corrected chi connectivity index (χ4v) is 1.70. The summed E-state index contributed by atoms with van der Waals surface area (Å²) in [5, 5.41) is 9.68. The summed E-state index contributed by atoms with van der Waals surface area (Å²) in [4.78, 5) is 34.1. The lowest BCUT2D eigenvalue weighted by atomic mass is 9.93. The standard InChI is InChI=1S/C12H13NO4/c1-5(14)8-4-9(17)10(6(2)15)11(7(3)16)12(8)13/h4,17H,13H2,1-3H3. The van der Waals surface area contributed by atoms with Crippen molar-refractivity contribution in [3.05, 3.63) is 22.8 Å². The summed E-state index contributed by atoms with van der Waals surface area (Å²) >= 11 is 0. The first-order chi connectivity index (χ1) is 7.77. The van der Waals surface area contributed by atoms with Gasteiger partial charge in [0.2, 0.25) is 0 Å². The Hall–Kier alpha value is -2.17. The van der Waals surface area contributed by atoms with E-state index in [0.29, 0.717) is 0 Å². The number of anilines is 1. The Balaban J connectivity index is 3.78. The van der Waals surface area contributed by atoms with Gasteiger partial charge in [-0.3, -0.25) is 14.4 Å². The van der Waals surface area contributed by atoms with E-state index in [2.05, 4.69) is 0 Å². The molecule has 0 spiro atoms. The number of carbonyl (C=O) groups excluding carboxylic acids is 3. The van der Waals surface area contributed by atoms with Crippen LogP contribution in [0.15, 0.2) is 6.07 Å². The van der Waals surface area contributed by atoms with E-state index >= 15 is 0 Å². The summed E-state index contributed by atoms with van der Waals surface area (Å²) in [6.45, 7) is 3.71. The molecule has 1 aromatic carbocycles. The Labute approximate surface area is 98.2 Å². The summed E-state index contributed by atoms with van der Waals surface area (Å²) < 4.78 is 0. The van der Waals surface area contributed by atoms with Gasteiger partial charge in [-0.2, -0.15) is 0 Å². The summed E-state index contributed by atoms with van der Waals surface area (Å²) in [7, 11) is 0. The molecule has 0 saturated carbocycles. The van der Waals surface area contributed by atoms with Gasteiger partial charge in [-0.25, -0.2) is 0 Å². The molecule has 5 heteroatoms. The van der Waals surface area contributed by atoms with Gasteiger partial charge in [0.25, 0.3) is 0 Å². The SMILES string of the molecule is CC(=O)c1cc(O)c(C(C)=O)c(C(C)=O)c1N. The molecule has 0 unspecified atom stereocenters. The first-order valence-corrected chi connectivity index (χ1v) is 4.95. The Kier molecular flexibility index (Phi) is 3.31. The number of aromatic hydroxyl groups is 1. The second-order valence-electron chi connectivity index (χ2n) is 3.78. The van der Waals surface area contributed by atoms with Gasteiger partial charge in [0, 0.05) is 5.56 Å². The van der Waals surface area contributed by atoms with Crippen molar-refractivity contribution in [3.8, 4) is 5.75 Å². The maximum absolute atomic E-state index is 11.5. The lowest BCUT2D eigenvalue weighted by Crippen LogP contribution is -2.12. The average Bonchev–Trinajstić information content (AvgIpc) is 2.18. The average molecular weight is 235 g/mol. The van der Waals surface area contributed by atoms with Crippen LogP contribution in [0, 0.1) is 0 Å². The number of benzene rings is 1. The van der Waals surface area contributed by atoms with Crippen molar-refractivity contribution in [1.29, 1.82) is 0 Å². The van der Waals surface area contributed by atoms with Gasteiger partial charge in [0.15, 0.2) is 17.3 Å². The van der Waals surface area contributed by atoms with Crippen molar-refractivity contribution < 1.29 is 19.5 Å². The van der Waals surface area contributed by atoms with Crippen LogP contribution in [0.2, 0.25) is 0 Å². The highest BCUT2D eigenvalue weighted by atomic mass is 16.3. The second kappa shape index (κ2) is 4.37. The largest absolute Gasteiger partial charge is 0.507 e. The smallest absolute Gasteiger partial charge is 0.164 e. The van der Waals surface area contributed by atoms with Gasteiger partial charge in [0.1, 0.15) is 5.75 Å². The van der Waals surface area contributed by atoms with E-state index in [1.807, 2.05) is 0 Å². The second-order valence-corrected chi connectivity index (χ2v) is 3.78. The van der Waals surface area contributed by atoms with E-state index in [1.165, 1.54) is 20.8 Å². The van der Waals surface area contributed by atoms with Crippen LogP contribution in [0.1, 0.15) is 51.8 Å². The molecule has 1 aromatic rings. The molecule has 0 saturated heterocycles. The van der Waals surface area contributed by atoms with Crippen molar-refractivity contribution >= 4 is 23.0 Å². The lowest BCUT2D eigenvalue weighted by Gasteiger charge is -2.12. The van der Waals surface area contributed by atoms with Crippen LogP contribution in [0.3, 0.4) is 0 Å². The molecule has 1 rings (SSSR count). The highest BCUT2D eigenvalue weighted by molar-refractivity contribution is 6.15. The molecule has 0 heterocycles. The number of phenolic OH excluding ortho intramolecular Hbond substituents is 1. The first kappa shape index (κ1) is 12.9. The molecule has 0 atom stereocenters. The van der Waals surface area contributed by atoms with E-state index in [-0.39, 0.29) is 28.2 Å². The van der Waals surface area contributed by atoms with Gasteiger partial charge < -0.3 is 10.8 Å². The molecule has 0 bridgehead atoms. The number of nitrogen functional groups attached to an aromatic ring is 1. The monoisotopic (exact) mass is 235 g/mol. The van der Waals surface area contributed by atoms with Gasteiger partial charge in [0.05, 0.1) is 16.8 Å². The Morgan fingerprint density at radius 1 is 1.00 bits per heavy atom. The molecular weight excluding hydrogens is 222 g/mol. The third-order valence-electron chi connectivity index (χ3n) is 2.43. The number of Topliss-reactive ketones (excluding diaryl/α,β-unsaturated/α-hetero) is 3. The Bertz CT molecular complexity index is 532. The molecular formula is C12H13NO4. The number of rotatable bonds is 3. The Morgan fingerprint density at radius 3 is 1.82 bits per heavy atom. The van der Waals surface area contributed by atoms with Gasteiger partial charge >= 0.3 is 0 Å². The van der Waals surface area contributed by atoms with Crippen LogP contribution < -0.4 is 5.73 Å². The van der Waals surface area contributed by atoms with E-state index in [4.69, 9.17) is 5.73 Å². The molecule has 0 aliphatic carbocycles. The highest BCUT2D eigenvalue weighted by Crippen LogP contribution is 2.31. The summed E-state index contributed by atoms with van der Waals surface area (Å²) in [6, 6.07) is 1.11. The first-order valence-electron chi connectivity index (χ1n) is 4.95. The molecule has 90 valence electrons. The predicted octanol–water partition coefficient (Wildman–Crippen LogP) is 1.58. The third-order valence-corrected chi connectivity index (χ3v) is 2.43. The van der Waals surface area contributed by atoms with Gasteiger partial charge in [-0.05, 0) is 26.8 Å². The van der Waals surface area contributed by atoms with Crippen LogP contribution >= 0.6 is 0 Å². The molecule has 3 N–H and O–H groups in total. The topological polar surface area (TPSA) is 97.5 Å². The van der Waals surface area contributed by atoms with E-state index < -0.39 is 17.3 Å². The zero-order chi connectivity index (χ0) is 13.3. The van der Waals surface area contributed by atoms with Crippen LogP contribution in [0.25, 0.3) is 0 Å². The lowest BCUT2D eigenvalue weighted by molar-refractivity contribution is 0.0977. The minimum atomic E-state index is -0.477. The molecule has 0 aliphatic heterocycles. The predicted molar refractivity (Wildman–Crippen MR) is 62.5 cm³/mol. The van der Waals surface area contributed by atoms with Crippen LogP contribution in [0.4, 0.5) is 5.69 Å². The van der Waals surface area contributed by atoms with Crippen LogP contribution in [-0.2, 0) is 0 Å². The zero-order valence-electron chi connectivity index (χ0n) is 9.83. The van der Waals surface area contributed by atoms with E-state index in [0.717, 1.165) is 6.07 Å². The molecule has 0 aliphatic rings. The van der Waals surface area contributed by atoms with E-state index in [1.54, 1.807) is 0 Å². The fourth-order valence-electron chi connectivity index (χ4n) is 1.70. The number of ketones is 3. The number of phenols is 1.